The molecule has 0 bridgehead atoms. The van der Waals surface area contributed by atoms with E-state index in [0.29, 0.717) is 31.2 Å². The maximum atomic E-state index is 12.0. The largest absolute Gasteiger partial charge is 0.493 e. The van der Waals surface area contributed by atoms with E-state index in [1.807, 2.05) is 18.2 Å². The standard InChI is InChI=1S/C13H13NO3/c15-11(8-13-14-4-6-17-13)9-1-2-12-10(7-9)3-5-16-12/h1-2,7H,3-6,8H2. The van der Waals surface area contributed by atoms with Gasteiger partial charge in [-0.1, -0.05) is 0 Å². The third kappa shape index (κ3) is 2.02. The number of rotatable bonds is 3. The molecule has 0 fully saturated rings. The fourth-order valence-electron chi connectivity index (χ4n) is 2.09. The smallest absolute Gasteiger partial charge is 0.191 e. The van der Waals surface area contributed by atoms with Crippen molar-refractivity contribution in [2.75, 3.05) is 19.8 Å². The minimum Gasteiger partial charge on any atom is -0.493 e. The number of carbonyl (C=O) groups excluding carboxylic acids is 1. The zero-order valence-electron chi connectivity index (χ0n) is 9.44. The average molecular weight is 231 g/mol. The molecule has 0 aliphatic carbocycles. The Morgan fingerprint density at radius 1 is 1.29 bits per heavy atom. The van der Waals surface area contributed by atoms with Crippen molar-refractivity contribution in [3.05, 3.63) is 29.3 Å². The number of carbonyl (C=O) groups is 1. The SMILES string of the molecule is O=C(CC1=NCCO1)c1ccc2c(c1)CCO2. The maximum absolute atomic E-state index is 12.0. The van der Waals surface area contributed by atoms with Gasteiger partial charge in [-0.05, 0) is 23.8 Å². The number of ether oxygens (including phenoxy) is 2. The summed E-state index contributed by atoms with van der Waals surface area (Å²) < 4.78 is 10.6. The number of nitrogens with zero attached hydrogens (tertiary/aromatic N) is 1. The topological polar surface area (TPSA) is 47.9 Å². The van der Waals surface area contributed by atoms with Crippen LogP contribution in [0.25, 0.3) is 0 Å². The Balaban J connectivity index is 1.77. The lowest BCUT2D eigenvalue weighted by atomic mass is 10.0. The van der Waals surface area contributed by atoms with Gasteiger partial charge in [-0.15, -0.1) is 0 Å². The van der Waals surface area contributed by atoms with Crippen LogP contribution in [0.2, 0.25) is 0 Å². The highest BCUT2D eigenvalue weighted by atomic mass is 16.5. The number of hydrogen-bond acceptors (Lipinski definition) is 4. The number of ketones is 1. The van der Waals surface area contributed by atoms with Gasteiger partial charge in [0.2, 0.25) is 0 Å². The van der Waals surface area contributed by atoms with E-state index in [-0.39, 0.29) is 12.2 Å². The van der Waals surface area contributed by atoms with Crippen LogP contribution in [0.5, 0.6) is 5.75 Å². The second-order valence-corrected chi connectivity index (χ2v) is 4.14. The van der Waals surface area contributed by atoms with Gasteiger partial charge in [0, 0.05) is 12.0 Å². The molecule has 17 heavy (non-hydrogen) atoms. The molecule has 0 radical (unpaired) electrons. The third-order valence-electron chi connectivity index (χ3n) is 2.97. The Morgan fingerprint density at radius 3 is 3.06 bits per heavy atom. The lowest BCUT2D eigenvalue weighted by Crippen LogP contribution is -2.08. The van der Waals surface area contributed by atoms with Gasteiger partial charge in [0.25, 0.3) is 0 Å². The summed E-state index contributed by atoms with van der Waals surface area (Å²) in [5.74, 6) is 1.52. The number of aliphatic imine (C=N–C) groups is 1. The first-order chi connectivity index (χ1) is 8.33. The van der Waals surface area contributed by atoms with E-state index in [4.69, 9.17) is 9.47 Å². The number of fused-ring (bicyclic) bond motifs is 1. The fraction of sp³-hybridized carbons (Fsp3) is 0.385. The Labute approximate surface area is 99.3 Å². The minimum absolute atomic E-state index is 0.0559. The molecule has 4 nitrogen and oxygen atoms in total. The predicted molar refractivity (Wildman–Crippen MR) is 62.8 cm³/mol. The van der Waals surface area contributed by atoms with Crippen molar-refractivity contribution in [2.24, 2.45) is 4.99 Å². The molecule has 0 N–H and O–H groups in total. The molecule has 0 saturated carbocycles. The van der Waals surface area contributed by atoms with Crippen LogP contribution in [0.4, 0.5) is 0 Å². The summed E-state index contributed by atoms with van der Waals surface area (Å²) in [6.07, 6.45) is 1.15. The fourth-order valence-corrected chi connectivity index (χ4v) is 2.09. The molecule has 2 aliphatic rings. The molecular weight excluding hydrogens is 218 g/mol. The van der Waals surface area contributed by atoms with Crippen LogP contribution in [0, 0.1) is 0 Å². The summed E-state index contributed by atoms with van der Waals surface area (Å²) in [4.78, 5) is 16.1. The van der Waals surface area contributed by atoms with Gasteiger partial charge < -0.3 is 9.47 Å². The van der Waals surface area contributed by atoms with Crippen LogP contribution in [0.15, 0.2) is 23.2 Å². The van der Waals surface area contributed by atoms with E-state index in [0.717, 1.165) is 17.7 Å². The molecule has 1 aromatic carbocycles. The molecule has 4 heteroatoms. The second-order valence-electron chi connectivity index (χ2n) is 4.14. The van der Waals surface area contributed by atoms with Gasteiger partial charge in [-0.25, -0.2) is 0 Å². The van der Waals surface area contributed by atoms with Gasteiger partial charge >= 0.3 is 0 Å². The molecule has 2 aliphatic heterocycles. The minimum atomic E-state index is 0.0559. The molecule has 88 valence electrons. The Hall–Kier alpha value is -1.84. The lowest BCUT2D eigenvalue weighted by molar-refractivity contribution is 0.0994. The molecule has 0 aromatic heterocycles. The van der Waals surface area contributed by atoms with Gasteiger partial charge in [-0.2, -0.15) is 0 Å². The van der Waals surface area contributed by atoms with Crippen molar-refractivity contribution >= 4 is 11.7 Å². The van der Waals surface area contributed by atoms with Crippen molar-refractivity contribution in [3.8, 4) is 5.75 Å². The summed E-state index contributed by atoms with van der Waals surface area (Å²) in [6.45, 7) is 1.98. The summed E-state index contributed by atoms with van der Waals surface area (Å²) in [6, 6.07) is 5.59. The van der Waals surface area contributed by atoms with Crippen molar-refractivity contribution < 1.29 is 14.3 Å². The summed E-state index contributed by atoms with van der Waals surface area (Å²) in [7, 11) is 0. The van der Waals surface area contributed by atoms with Crippen molar-refractivity contribution in [1.82, 2.24) is 0 Å². The molecule has 0 spiro atoms. The van der Waals surface area contributed by atoms with Crippen molar-refractivity contribution in [1.29, 1.82) is 0 Å². The van der Waals surface area contributed by atoms with Crippen molar-refractivity contribution in [2.45, 2.75) is 12.8 Å². The molecule has 0 atom stereocenters. The first-order valence-electron chi connectivity index (χ1n) is 5.78. The highest BCUT2D eigenvalue weighted by Crippen LogP contribution is 2.26. The molecule has 0 saturated heterocycles. The van der Waals surface area contributed by atoms with Crippen LogP contribution in [-0.2, 0) is 11.2 Å². The Bertz CT molecular complexity index is 493. The Morgan fingerprint density at radius 2 is 2.24 bits per heavy atom. The summed E-state index contributed by atoms with van der Waals surface area (Å²) in [5.41, 5.74) is 1.83. The molecule has 0 unspecified atom stereocenters. The molecule has 0 amide bonds. The van der Waals surface area contributed by atoms with E-state index >= 15 is 0 Å². The summed E-state index contributed by atoms with van der Waals surface area (Å²) >= 11 is 0. The normalized spacial score (nSPS) is 17.1. The lowest BCUT2D eigenvalue weighted by Gasteiger charge is -2.04. The van der Waals surface area contributed by atoms with Crippen LogP contribution in [0.3, 0.4) is 0 Å². The average Bonchev–Trinajstić information content (AvgIpc) is 2.97. The molecule has 1 aromatic rings. The van der Waals surface area contributed by atoms with E-state index in [9.17, 15) is 4.79 Å². The van der Waals surface area contributed by atoms with Crippen LogP contribution < -0.4 is 4.74 Å². The molecular formula is C13H13NO3. The van der Waals surface area contributed by atoms with E-state index in [1.165, 1.54) is 0 Å². The first kappa shape index (κ1) is 10.3. The van der Waals surface area contributed by atoms with Gasteiger partial charge in [-0.3, -0.25) is 9.79 Å². The van der Waals surface area contributed by atoms with Gasteiger partial charge in [0.1, 0.15) is 12.4 Å². The maximum Gasteiger partial charge on any atom is 0.191 e. The Kier molecular flexibility index (Phi) is 2.55. The second kappa shape index (κ2) is 4.20. The zero-order valence-corrected chi connectivity index (χ0v) is 9.44. The number of benzene rings is 1. The van der Waals surface area contributed by atoms with E-state index in [2.05, 4.69) is 4.99 Å². The van der Waals surface area contributed by atoms with Gasteiger partial charge in [0.05, 0.1) is 19.6 Å². The summed E-state index contributed by atoms with van der Waals surface area (Å²) in [5, 5.41) is 0. The van der Waals surface area contributed by atoms with Crippen molar-refractivity contribution in [3.63, 3.8) is 0 Å². The van der Waals surface area contributed by atoms with Gasteiger partial charge in [0.15, 0.2) is 11.7 Å². The zero-order chi connectivity index (χ0) is 11.7. The monoisotopic (exact) mass is 231 g/mol. The van der Waals surface area contributed by atoms with Crippen LogP contribution >= 0.6 is 0 Å². The highest BCUT2D eigenvalue weighted by molar-refractivity contribution is 6.07. The number of Topliss-reactive ketones (excluding diaryl/α,β-unsaturated/α-hetero) is 1. The van der Waals surface area contributed by atoms with E-state index < -0.39 is 0 Å². The third-order valence-corrected chi connectivity index (χ3v) is 2.97. The van der Waals surface area contributed by atoms with Crippen LogP contribution in [0.1, 0.15) is 22.3 Å². The first-order valence-corrected chi connectivity index (χ1v) is 5.78. The molecule has 3 rings (SSSR count). The number of hydrogen-bond donors (Lipinski definition) is 0. The predicted octanol–water partition coefficient (Wildman–Crippen LogP) is 1.62. The van der Waals surface area contributed by atoms with E-state index in [1.54, 1.807) is 0 Å². The highest BCUT2D eigenvalue weighted by Gasteiger charge is 2.18. The molecule has 2 heterocycles. The quantitative estimate of drug-likeness (QED) is 0.743. The van der Waals surface area contributed by atoms with Crippen LogP contribution in [-0.4, -0.2) is 31.4 Å².